The van der Waals surface area contributed by atoms with Gasteiger partial charge in [0, 0.05) is 29.2 Å². The second kappa shape index (κ2) is 9.30. The molecule has 2 N–H and O–H groups in total. The van der Waals surface area contributed by atoms with Crippen molar-refractivity contribution in [1.29, 1.82) is 0 Å². The third-order valence-electron chi connectivity index (χ3n) is 3.16. The molecule has 8 nitrogen and oxygen atoms in total. The van der Waals surface area contributed by atoms with Gasteiger partial charge in [0.15, 0.2) is 11.1 Å². The summed E-state index contributed by atoms with van der Waals surface area (Å²) < 4.78 is 23.0. The summed E-state index contributed by atoms with van der Waals surface area (Å²) in [5, 5.41) is 10.0. The van der Waals surface area contributed by atoms with Crippen LogP contribution in [0.25, 0.3) is 0 Å². The molecule has 0 fully saturated rings. The van der Waals surface area contributed by atoms with Crippen molar-refractivity contribution in [2.75, 3.05) is 27.2 Å². The van der Waals surface area contributed by atoms with E-state index >= 15 is 0 Å². The lowest BCUT2D eigenvalue weighted by atomic mass is 10.2. The maximum atomic E-state index is 11.4. The average Bonchev–Trinajstić information content (AvgIpc) is 2.91. The fourth-order valence-corrected chi connectivity index (χ4v) is 2.80. The van der Waals surface area contributed by atoms with Crippen molar-refractivity contribution in [1.82, 2.24) is 18.6 Å². The molecule has 2 heterocycles. The van der Waals surface area contributed by atoms with Gasteiger partial charge in [-0.1, -0.05) is 0 Å². The number of nitrogens with zero attached hydrogens (tertiary/aromatic N) is 4. The van der Waals surface area contributed by atoms with Crippen LogP contribution in [0.5, 0.6) is 5.88 Å². The minimum Gasteiger partial charge on any atom is -0.548 e. The van der Waals surface area contributed by atoms with Gasteiger partial charge in [0.05, 0.1) is 13.2 Å². The van der Waals surface area contributed by atoms with Gasteiger partial charge in [-0.3, -0.25) is 9.98 Å². The molecule has 2 rings (SSSR count). The van der Waals surface area contributed by atoms with Crippen molar-refractivity contribution >= 4 is 11.1 Å². The zero-order valence-corrected chi connectivity index (χ0v) is 15.4. The molecule has 9 heteroatoms. The van der Waals surface area contributed by atoms with E-state index in [1.807, 2.05) is 26.2 Å². The maximum Gasteiger partial charge on any atom is 0.317 e. The molecule has 0 radical (unpaired) electrons. The van der Waals surface area contributed by atoms with Crippen LogP contribution in [0.3, 0.4) is 0 Å². The number of aliphatic hydroxyl groups is 1. The van der Waals surface area contributed by atoms with Crippen LogP contribution >= 0.6 is 11.1 Å². The van der Waals surface area contributed by atoms with E-state index in [1.165, 1.54) is 5.56 Å². The Hall–Kier alpha value is -2.23. The molecule has 1 atom stereocenters. The molecule has 25 heavy (non-hydrogen) atoms. The van der Waals surface area contributed by atoms with Crippen LogP contribution in [-0.2, 0) is 13.0 Å². The number of hydrogen-bond acceptors (Lipinski definition) is 7. The van der Waals surface area contributed by atoms with Crippen molar-refractivity contribution in [2.45, 2.75) is 19.9 Å². The first-order valence-corrected chi connectivity index (χ1v) is 9.00. The third kappa shape index (κ3) is 6.29. The van der Waals surface area contributed by atoms with Crippen molar-refractivity contribution in [3.8, 4) is 5.88 Å². The van der Waals surface area contributed by atoms with Gasteiger partial charge < -0.3 is 19.3 Å². The molecule has 0 spiro atoms. The number of aliphatic hydroxyl groups excluding tert-OH is 1. The number of hydrogen-bond donors (Lipinski definition) is 2. The molecule has 0 aliphatic rings. The van der Waals surface area contributed by atoms with Gasteiger partial charge >= 0.3 is 5.88 Å². The summed E-state index contributed by atoms with van der Waals surface area (Å²) in [5.41, 5.74) is 2.32. The van der Waals surface area contributed by atoms with E-state index in [0.29, 0.717) is 13.0 Å². The third-order valence-corrected chi connectivity index (χ3v) is 3.86. The number of aromatic amines is 1. The van der Waals surface area contributed by atoms with Crippen molar-refractivity contribution in [3.05, 3.63) is 46.9 Å². The largest absolute Gasteiger partial charge is 0.548 e. The van der Waals surface area contributed by atoms with Crippen LogP contribution in [0.2, 0.25) is 0 Å². The first kappa shape index (κ1) is 19.1. The second-order valence-corrected chi connectivity index (χ2v) is 6.52. The van der Waals surface area contributed by atoms with Gasteiger partial charge in [0.25, 0.3) is 0 Å². The first-order chi connectivity index (χ1) is 12.0. The molecule has 1 unspecified atom stereocenters. The molecule has 0 saturated heterocycles. The Morgan fingerprint density at radius 3 is 3.04 bits per heavy atom. The molecule has 0 bridgehead atoms. The number of H-pyrrole nitrogens is 1. The Kier molecular flexibility index (Phi) is 7.11. The Balaban J connectivity index is 2.01. The van der Waals surface area contributed by atoms with E-state index in [0.717, 1.165) is 12.2 Å². The first-order valence-electron chi connectivity index (χ1n) is 7.89. The van der Waals surface area contributed by atoms with Crippen molar-refractivity contribution in [2.24, 2.45) is 4.99 Å². The normalized spacial score (nSPS) is 13.6. The summed E-state index contributed by atoms with van der Waals surface area (Å²) in [4.78, 5) is 10.5. The fraction of sp³-hybridized carbons (Fsp3) is 0.438. The molecular weight excluding hydrogens is 342 g/mol. The molecular formula is C16H23N5O3S. The van der Waals surface area contributed by atoms with E-state index in [1.54, 1.807) is 19.2 Å². The van der Waals surface area contributed by atoms with E-state index in [4.69, 9.17) is 4.74 Å². The lowest BCUT2D eigenvalue weighted by Crippen LogP contribution is -2.11. The molecule has 136 valence electrons. The summed E-state index contributed by atoms with van der Waals surface area (Å²) in [7, 11) is 4.02. The van der Waals surface area contributed by atoms with E-state index in [9.17, 15) is 9.66 Å². The van der Waals surface area contributed by atoms with Crippen LogP contribution in [0.4, 0.5) is 0 Å². The van der Waals surface area contributed by atoms with Crippen LogP contribution in [0.15, 0.2) is 35.2 Å². The predicted octanol–water partition coefficient (Wildman–Crippen LogP) is 1.58. The van der Waals surface area contributed by atoms with Crippen LogP contribution in [0.1, 0.15) is 18.2 Å². The highest BCUT2D eigenvalue weighted by atomic mass is 32.2. The van der Waals surface area contributed by atoms with Gasteiger partial charge in [0.1, 0.15) is 5.76 Å². The monoisotopic (exact) mass is 365 g/mol. The molecule has 0 aromatic carbocycles. The van der Waals surface area contributed by atoms with Gasteiger partial charge in [0.2, 0.25) is 5.49 Å². The number of ether oxygens (including phenoxy) is 1. The van der Waals surface area contributed by atoms with Crippen LogP contribution in [0, 0.1) is 0 Å². The number of allylic oxidation sites excluding steroid dienone is 1. The standard InChI is InChI=1S/C16H23N5O3S/c1-4-24-16-15(19-25(23)20-16)18-10-14(22)6-5-13-9-12(7-8-17-13)11-21(2)3/h6-9,22H,4-5,10-11H2,1-3H3,(H,18,19)/b14-6-. The minimum atomic E-state index is -1.57. The Morgan fingerprint density at radius 1 is 1.52 bits per heavy atom. The average molecular weight is 365 g/mol. The topological polar surface area (TPSA) is 110 Å². The number of nitrogens with one attached hydrogen (secondary N) is 1. The summed E-state index contributed by atoms with van der Waals surface area (Å²) >= 11 is -1.57. The summed E-state index contributed by atoms with van der Waals surface area (Å²) in [5.74, 6) is 0.300. The smallest absolute Gasteiger partial charge is 0.317 e. The molecule has 2 aromatic heterocycles. The second-order valence-electron chi connectivity index (χ2n) is 5.64. The Morgan fingerprint density at radius 2 is 2.32 bits per heavy atom. The van der Waals surface area contributed by atoms with Crippen LogP contribution < -0.4 is 10.2 Å². The van der Waals surface area contributed by atoms with Gasteiger partial charge in [-0.05, 0) is 44.8 Å². The lowest BCUT2D eigenvalue weighted by Gasteiger charge is -2.09. The highest BCUT2D eigenvalue weighted by molar-refractivity contribution is 7.13. The minimum absolute atomic E-state index is 0.0447. The Labute approximate surface area is 149 Å². The summed E-state index contributed by atoms with van der Waals surface area (Å²) in [6.45, 7) is 3.08. The molecule has 0 aliphatic carbocycles. The summed E-state index contributed by atoms with van der Waals surface area (Å²) in [6.07, 6.45) is 3.93. The number of rotatable bonds is 8. The summed E-state index contributed by atoms with van der Waals surface area (Å²) in [6, 6.07) is 3.98. The Bertz CT molecular complexity index is 782. The van der Waals surface area contributed by atoms with Gasteiger partial charge in [-0.25, -0.2) is 0 Å². The molecule has 0 amide bonds. The van der Waals surface area contributed by atoms with E-state index < -0.39 is 11.1 Å². The number of pyridine rings is 1. The maximum absolute atomic E-state index is 11.4. The zero-order valence-electron chi connectivity index (χ0n) is 14.6. The van der Waals surface area contributed by atoms with Crippen molar-refractivity contribution in [3.63, 3.8) is 0 Å². The fourth-order valence-electron chi connectivity index (χ4n) is 2.15. The SMILES string of the molecule is CCOc1n[s+]([O-])[nH]c1=NC/C(O)=C/Cc1cc(CN(C)C)ccn1. The van der Waals surface area contributed by atoms with E-state index in [2.05, 4.69) is 23.6 Å². The highest BCUT2D eigenvalue weighted by Crippen LogP contribution is 2.07. The number of aromatic nitrogens is 3. The van der Waals surface area contributed by atoms with Gasteiger partial charge in [-0.15, -0.1) is 4.37 Å². The zero-order chi connectivity index (χ0) is 18.2. The molecule has 2 aromatic rings. The lowest BCUT2D eigenvalue weighted by molar-refractivity contribution is 0.324. The highest BCUT2D eigenvalue weighted by Gasteiger charge is 2.09. The van der Waals surface area contributed by atoms with E-state index in [-0.39, 0.29) is 23.7 Å². The predicted molar refractivity (Wildman–Crippen MR) is 94.9 cm³/mol. The molecule has 0 aliphatic heterocycles. The van der Waals surface area contributed by atoms with Crippen molar-refractivity contribution < 1.29 is 14.4 Å². The molecule has 0 saturated carbocycles. The van der Waals surface area contributed by atoms with Gasteiger partial charge in [-0.2, -0.15) is 0 Å². The quantitative estimate of drug-likeness (QED) is 0.543. The van der Waals surface area contributed by atoms with Crippen LogP contribution in [-0.4, -0.2) is 55.5 Å².